The first-order valence-corrected chi connectivity index (χ1v) is 9.10. The number of rotatable bonds is 11. The number of aliphatic hydroxyl groups is 1. The predicted molar refractivity (Wildman–Crippen MR) is 91.7 cm³/mol. The molecule has 126 valence electrons. The number of hydrogen-bond acceptors (Lipinski definition) is 3. The van der Waals surface area contributed by atoms with Gasteiger partial charge >= 0.3 is 0 Å². The van der Waals surface area contributed by atoms with E-state index in [2.05, 4.69) is 37.9 Å². The van der Waals surface area contributed by atoms with Crippen LogP contribution in [0.2, 0.25) is 0 Å². The molecule has 21 heavy (non-hydrogen) atoms. The van der Waals surface area contributed by atoms with E-state index in [4.69, 9.17) is 0 Å². The van der Waals surface area contributed by atoms with Crippen LogP contribution < -0.4 is 5.32 Å². The zero-order chi connectivity index (χ0) is 15.7. The molecule has 0 aliphatic heterocycles. The smallest absolute Gasteiger partial charge is 0.0611 e. The number of nitrogens with one attached hydrogen (secondary N) is 1. The Balaban J connectivity index is 2.49. The molecule has 1 fully saturated rings. The van der Waals surface area contributed by atoms with Crippen molar-refractivity contribution in [3.05, 3.63) is 0 Å². The van der Waals surface area contributed by atoms with Crippen molar-refractivity contribution in [2.24, 2.45) is 5.92 Å². The normalized spacial score (nSPS) is 19.6. The lowest BCUT2D eigenvalue weighted by Gasteiger charge is -2.35. The molecule has 3 nitrogen and oxygen atoms in total. The molecule has 0 radical (unpaired) electrons. The minimum Gasteiger partial charge on any atom is -0.394 e. The van der Waals surface area contributed by atoms with Gasteiger partial charge in [0, 0.05) is 18.1 Å². The molecule has 2 N–H and O–H groups in total. The second-order valence-corrected chi connectivity index (χ2v) is 7.55. The van der Waals surface area contributed by atoms with E-state index in [9.17, 15) is 5.11 Å². The van der Waals surface area contributed by atoms with Gasteiger partial charge in [-0.1, -0.05) is 33.6 Å². The molecule has 0 aromatic carbocycles. The van der Waals surface area contributed by atoms with Crippen molar-refractivity contribution < 1.29 is 5.11 Å². The second kappa shape index (κ2) is 9.81. The van der Waals surface area contributed by atoms with Crippen LogP contribution in [0.15, 0.2) is 0 Å². The van der Waals surface area contributed by atoms with E-state index in [1.54, 1.807) is 0 Å². The van der Waals surface area contributed by atoms with E-state index in [0.717, 1.165) is 37.9 Å². The van der Waals surface area contributed by atoms with Gasteiger partial charge in [0.2, 0.25) is 0 Å². The summed E-state index contributed by atoms with van der Waals surface area (Å²) in [6.45, 7) is 12.5. The van der Waals surface area contributed by atoms with Crippen molar-refractivity contribution in [3.63, 3.8) is 0 Å². The van der Waals surface area contributed by atoms with Crippen LogP contribution in [0.3, 0.4) is 0 Å². The molecule has 1 saturated carbocycles. The monoisotopic (exact) mass is 298 g/mol. The molecule has 1 atom stereocenters. The second-order valence-electron chi connectivity index (χ2n) is 7.55. The SMILES string of the molecule is CCCNC(C)(CO)CCN(CCC(C)C)C1CCCC1. The van der Waals surface area contributed by atoms with Gasteiger partial charge in [0.1, 0.15) is 0 Å². The van der Waals surface area contributed by atoms with Crippen LogP contribution in [0, 0.1) is 5.92 Å². The van der Waals surface area contributed by atoms with Crippen molar-refractivity contribution in [1.29, 1.82) is 0 Å². The van der Waals surface area contributed by atoms with E-state index in [-0.39, 0.29) is 12.1 Å². The van der Waals surface area contributed by atoms with E-state index in [1.165, 1.54) is 38.6 Å². The largest absolute Gasteiger partial charge is 0.394 e. The van der Waals surface area contributed by atoms with Crippen LogP contribution >= 0.6 is 0 Å². The molecule has 0 bridgehead atoms. The summed E-state index contributed by atoms with van der Waals surface area (Å²) in [6, 6.07) is 0.790. The fourth-order valence-corrected chi connectivity index (χ4v) is 3.21. The van der Waals surface area contributed by atoms with Crippen LogP contribution in [0.1, 0.15) is 72.6 Å². The Kier molecular flexibility index (Phi) is 8.84. The number of hydrogen-bond donors (Lipinski definition) is 2. The third-order valence-corrected chi connectivity index (χ3v) is 4.94. The fraction of sp³-hybridized carbons (Fsp3) is 1.00. The Morgan fingerprint density at radius 1 is 1.24 bits per heavy atom. The van der Waals surface area contributed by atoms with Crippen LogP contribution in [-0.2, 0) is 0 Å². The quantitative estimate of drug-likeness (QED) is 0.613. The molecule has 0 spiro atoms. The van der Waals surface area contributed by atoms with Gasteiger partial charge in [0.05, 0.1) is 6.61 Å². The van der Waals surface area contributed by atoms with Gasteiger partial charge in [-0.25, -0.2) is 0 Å². The van der Waals surface area contributed by atoms with Gasteiger partial charge in [-0.2, -0.15) is 0 Å². The van der Waals surface area contributed by atoms with Gasteiger partial charge in [0.25, 0.3) is 0 Å². The van der Waals surface area contributed by atoms with Crippen LogP contribution in [-0.4, -0.2) is 47.8 Å². The molecule has 1 unspecified atom stereocenters. The maximum atomic E-state index is 9.73. The van der Waals surface area contributed by atoms with E-state index in [0.29, 0.717) is 0 Å². The highest BCUT2D eigenvalue weighted by Crippen LogP contribution is 2.25. The molecule has 1 aliphatic carbocycles. The van der Waals surface area contributed by atoms with Gasteiger partial charge in [-0.05, 0) is 58.0 Å². The maximum Gasteiger partial charge on any atom is 0.0611 e. The van der Waals surface area contributed by atoms with Crippen LogP contribution in [0.4, 0.5) is 0 Å². The molecule has 0 aromatic heterocycles. The lowest BCUT2D eigenvalue weighted by Crippen LogP contribution is -2.49. The molecule has 1 aliphatic rings. The molecule has 0 heterocycles. The first kappa shape index (κ1) is 18.9. The zero-order valence-electron chi connectivity index (χ0n) is 14.8. The number of aliphatic hydroxyl groups excluding tert-OH is 1. The Bertz CT molecular complexity index is 264. The Hall–Kier alpha value is -0.120. The zero-order valence-corrected chi connectivity index (χ0v) is 14.8. The van der Waals surface area contributed by atoms with Crippen LogP contribution in [0.5, 0.6) is 0 Å². The maximum absolute atomic E-state index is 9.73. The Labute approximate surface area is 132 Å². The predicted octanol–water partition coefficient (Wildman–Crippen LogP) is 3.42. The standard InChI is InChI=1S/C18H38N2O/c1-5-12-19-18(4,15-21)11-14-20(13-10-16(2)3)17-8-6-7-9-17/h16-17,19,21H,5-15H2,1-4H3. The Morgan fingerprint density at radius 2 is 1.90 bits per heavy atom. The average Bonchev–Trinajstić information content (AvgIpc) is 2.99. The topological polar surface area (TPSA) is 35.5 Å². The summed E-state index contributed by atoms with van der Waals surface area (Å²) in [4.78, 5) is 2.70. The lowest BCUT2D eigenvalue weighted by atomic mass is 9.97. The summed E-state index contributed by atoms with van der Waals surface area (Å²) >= 11 is 0. The average molecular weight is 299 g/mol. The third-order valence-electron chi connectivity index (χ3n) is 4.94. The molecular formula is C18H38N2O. The molecule has 1 rings (SSSR count). The number of nitrogens with zero attached hydrogens (tertiary/aromatic N) is 1. The van der Waals surface area contributed by atoms with E-state index >= 15 is 0 Å². The third kappa shape index (κ3) is 7.12. The van der Waals surface area contributed by atoms with Crippen molar-refractivity contribution in [2.45, 2.75) is 84.2 Å². The van der Waals surface area contributed by atoms with Crippen molar-refractivity contribution >= 4 is 0 Å². The highest BCUT2D eigenvalue weighted by Gasteiger charge is 2.27. The molecular weight excluding hydrogens is 260 g/mol. The van der Waals surface area contributed by atoms with Crippen molar-refractivity contribution in [3.8, 4) is 0 Å². The summed E-state index contributed by atoms with van der Waals surface area (Å²) in [5, 5.41) is 13.3. The van der Waals surface area contributed by atoms with E-state index < -0.39 is 0 Å². The fourth-order valence-electron chi connectivity index (χ4n) is 3.21. The minimum absolute atomic E-state index is 0.120. The summed E-state index contributed by atoms with van der Waals surface area (Å²) < 4.78 is 0. The molecule has 0 saturated heterocycles. The molecule has 0 aromatic rings. The van der Waals surface area contributed by atoms with Gasteiger partial charge in [0.15, 0.2) is 0 Å². The summed E-state index contributed by atoms with van der Waals surface area (Å²) in [6.07, 6.45) is 8.98. The van der Waals surface area contributed by atoms with E-state index in [1.807, 2.05) is 0 Å². The molecule has 3 heteroatoms. The highest BCUT2D eigenvalue weighted by atomic mass is 16.3. The lowest BCUT2D eigenvalue weighted by molar-refractivity contribution is 0.125. The van der Waals surface area contributed by atoms with Gasteiger partial charge in [-0.3, -0.25) is 0 Å². The first-order chi connectivity index (χ1) is 10.0. The minimum atomic E-state index is -0.120. The highest BCUT2D eigenvalue weighted by molar-refractivity contribution is 4.86. The Morgan fingerprint density at radius 3 is 2.43 bits per heavy atom. The van der Waals surface area contributed by atoms with Gasteiger partial charge < -0.3 is 15.3 Å². The van der Waals surface area contributed by atoms with Crippen molar-refractivity contribution in [2.75, 3.05) is 26.2 Å². The molecule has 0 amide bonds. The van der Waals surface area contributed by atoms with Crippen molar-refractivity contribution in [1.82, 2.24) is 10.2 Å². The summed E-state index contributed by atoms with van der Waals surface area (Å²) in [5.41, 5.74) is -0.120. The first-order valence-electron chi connectivity index (χ1n) is 9.10. The van der Waals surface area contributed by atoms with Gasteiger partial charge in [-0.15, -0.1) is 0 Å². The summed E-state index contributed by atoms with van der Waals surface area (Å²) in [7, 11) is 0. The summed E-state index contributed by atoms with van der Waals surface area (Å²) in [5.74, 6) is 0.774. The van der Waals surface area contributed by atoms with Crippen LogP contribution in [0.25, 0.3) is 0 Å².